The van der Waals surface area contributed by atoms with Gasteiger partial charge in [-0.1, -0.05) is 30.7 Å². The van der Waals surface area contributed by atoms with E-state index in [4.69, 9.17) is 5.73 Å². The Bertz CT molecular complexity index is 752. The fraction of sp³-hybridized carbons (Fsp3) is 0.680. The average molecular weight is 443 g/mol. The van der Waals surface area contributed by atoms with Crippen LogP contribution < -0.4 is 16.4 Å². The Balaban J connectivity index is 1.40. The number of primary amides is 1. The van der Waals surface area contributed by atoms with E-state index in [0.29, 0.717) is 0 Å². The van der Waals surface area contributed by atoms with Crippen molar-refractivity contribution in [3.63, 3.8) is 0 Å². The molecule has 32 heavy (non-hydrogen) atoms. The third kappa shape index (κ3) is 7.78. The van der Waals surface area contributed by atoms with Crippen LogP contribution in [0.4, 0.5) is 0 Å². The Labute approximate surface area is 193 Å². The second-order valence-corrected chi connectivity index (χ2v) is 9.38. The molecule has 0 spiro atoms. The maximum Gasteiger partial charge on any atom is 0.221 e. The molecule has 7 nitrogen and oxygen atoms in total. The monoisotopic (exact) mass is 442 g/mol. The van der Waals surface area contributed by atoms with E-state index < -0.39 is 0 Å². The molecule has 1 aromatic rings. The molecule has 3 rings (SSSR count). The van der Waals surface area contributed by atoms with Crippen LogP contribution in [0.2, 0.25) is 0 Å². The Hall–Kier alpha value is -2.12. The summed E-state index contributed by atoms with van der Waals surface area (Å²) < 4.78 is 0. The third-order valence-corrected chi connectivity index (χ3v) is 6.84. The minimum absolute atomic E-state index is 0.0128. The Kier molecular flexibility index (Phi) is 9.81. The number of guanidine groups is 1. The highest BCUT2D eigenvalue weighted by molar-refractivity contribution is 5.79. The molecule has 0 bridgehead atoms. The maximum absolute atomic E-state index is 11.5. The predicted octanol–water partition coefficient (Wildman–Crippen LogP) is 2.31. The van der Waals surface area contributed by atoms with E-state index in [0.717, 1.165) is 70.5 Å². The molecule has 178 valence electrons. The molecule has 7 heteroatoms. The minimum atomic E-state index is -0.169. The van der Waals surface area contributed by atoms with E-state index in [1.54, 1.807) is 0 Å². The number of benzene rings is 1. The average Bonchev–Trinajstić information content (AvgIpc) is 2.80. The van der Waals surface area contributed by atoms with Crippen molar-refractivity contribution in [1.82, 2.24) is 20.4 Å². The first kappa shape index (κ1) is 24.5. The molecule has 0 aromatic heterocycles. The molecular weight excluding hydrogens is 400 g/mol. The van der Waals surface area contributed by atoms with Gasteiger partial charge in [-0.25, -0.2) is 0 Å². The van der Waals surface area contributed by atoms with Crippen molar-refractivity contribution in [2.24, 2.45) is 16.6 Å². The van der Waals surface area contributed by atoms with E-state index in [2.05, 4.69) is 56.6 Å². The van der Waals surface area contributed by atoms with Gasteiger partial charge in [-0.2, -0.15) is 0 Å². The van der Waals surface area contributed by atoms with Gasteiger partial charge in [0.25, 0.3) is 0 Å². The number of carbonyl (C=O) groups excluding carboxylic acids is 1. The first-order valence-corrected chi connectivity index (χ1v) is 12.3. The van der Waals surface area contributed by atoms with Gasteiger partial charge in [0.05, 0.1) is 5.92 Å². The van der Waals surface area contributed by atoms with E-state index >= 15 is 0 Å². The van der Waals surface area contributed by atoms with Crippen LogP contribution >= 0.6 is 0 Å². The molecule has 2 heterocycles. The van der Waals surface area contributed by atoms with Crippen LogP contribution in [0.15, 0.2) is 29.3 Å². The predicted molar refractivity (Wildman–Crippen MR) is 131 cm³/mol. The number of hydrogen-bond acceptors (Lipinski definition) is 4. The lowest BCUT2D eigenvalue weighted by molar-refractivity contribution is -0.123. The van der Waals surface area contributed by atoms with Crippen molar-refractivity contribution in [2.75, 3.05) is 39.8 Å². The van der Waals surface area contributed by atoms with Gasteiger partial charge in [-0.15, -0.1) is 0 Å². The third-order valence-electron chi connectivity index (χ3n) is 6.84. The fourth-order valence-corrected chi connectivity index (χ4v) is 4.91. The summed E-state index contributed by atoms with van der Waals surface area (Å²) >= 11 is 0. The lowest BCUT2D eigenvalue weighted by Crippen LogP contribution is -2.41. The number of nitrogens with zero attached hydrogens (tertiary/aromatic N) is 3. The smallest absolute Gasteiger partial charge is 0.221 e. The highest BCUT2D eigenvalue weighted by Crippen LogP contribution is 2.19. The van der Waals surface area contributed by atoms with E-state index in [-0.39, 0.29) is 11.8 Å². The molecule has 2 fully saturated rings. The zero-order valence-corrected chi connectivity index (χ0v) is 20.0. The summed E-state index contributed by atoms with van der Waals surface area (Å²) in [4.78, 5) is 20.9. The summed E-state index contributed by atoms with van der Waals surface area (Å²) in [5, 5.41) is 6.89. The van der Waals surface area contributed by atoms with Crippen molar-refractivity contribution in [2.45, 2.75) is 64.6 Å². The molecule has 1 amide bonds. The number of amides is 1. The van der Waals surface area contributed by atoms with Crippen LogP contribution in [0.3, 0.4) is 0 Å². The first-order valence-electron chi connectivity index (χ1n) is 12.3. The quantitative estimate of drug-likeness (QED) is 0.310. The molecule has 4 N–H and O–H groups in total. The van der Waals surface area contributed by atoms with Gasteiger partial charge >= 0.3 is 0 Å². The Morgan fingerprint density at radius 2 is 2.00 bits per heavy atom. The molecule has 2 atom stereocenters. The summed E-state index contributed by atoms with van der Waals surface area (Å²) in [5.41, 5.74) is 8.03. The van der Waals surface area contributed by atoms with Gasteiger partial charge < -0.3 is 21.3 Å². The minimum Gasteiger partial charge on any atom is -0.369 e. The first-order chi connectivity index (χ1) is 15.5. The summed E-state index contributed by atoms with van der Waals surface area (Å²) in [7, 11) is 1.82. The van der Waals surface area contributed by atoms with Gasteiger partial charge in [0, 0.05) is 45.8 Å². The largest absolute Gasteiger partial charge is 0.369 e. The second kappa shape index (κ2) is 12.8. The Morgan fingerprint density at radius 1 is 1.16 bits per heavy atom. The normalized spacial score (nSPS) is 23.1. The van der Waals surface area contributed by atoms with Crippen molar-refractivity contribution >= 4 is 11.9 Å². The summed E-state index contributed by atoms with van der Waals surface area (Å²) in [6.07, 6.45) is 7.12. The van der Waals surface area contributed by atoms with Gasteiger partial charge in [-0.3, -0.25) is 14.7 Å². The van der Waals surface area contributed by atoms with Crippen LogP contribution in [0.1, 0.15) is 56.6 Å². The van der Waals surface area contributed by atoms with Crippen LogP contribution in [-0.2, 0) is 17.9 Å². The highest BCUT2D eigenvalue weighted by Gasteiger charge is 2.23. The molecular formula is C25H42N6O. The molecule has 2 saturated heterocycles. The summed E-state index contributed by atoms with van der Waals surface area (Å²) in [5.74, 6) is 0.667. The van der Waals surface area contributed by atoms with Gasteiger partial charge in [0.1, 0.15) is 0 Å². The number of rotatable bonds is 9. The highest BCUT2D eigenvalue weighted by atomic mass is 16.1. The molecule has 0 radical (unpaired) electrons. The van der Waals surface area contributed by atoms with Gasteiger partial charge in [0.2, 0.25) is 5.91 Å². The summed E-state index contributed by atoms with van der Waals surface area (Å²) in [6.45, 7) is 9.07. The van der Waals surface area contributed by atoms with Crippen LogP contribution in [0, 0.1) is 5.92 Å². The number of nitrogens with two attached hydrogens (primary N) is 1. The van der Waals surface area contributed by atoms with Gasteiger partial charge in [-0.05, 0) is 63.2 Å². The topological polar surface area (TPSA) is 86.0 Å². The number of hydrogen-bond donors (Lipinski definition) is 3. The van der Waals surface area contributed by atoms with Crippen molar-refractivity contribution in [3.8, 4) is 0 Å². The van der Waals surface area contributed by atoms with Gasteiger partial charge in [0.15, 0.2) is 5.96 Å². The SMILES string of the molecule is CN=C(NCCCN1CCCCC1C)NCc1cccc(CN2CCCC(C(N)=O)C2)c1. The molecule has 0 aliphatic carbocycles. The number of nitrogens with one attached hydrogen (secondary N) is 2. The van der Waals surface area contributed by atoms with E-state index in [9.17, 15) is 4.79 Å². The van der Waals surface area contributed by atoms with Crippen LogP contribution in [0.25, 0.3) is 0 Å². The van der Waals surface area contributed by atoms with Crippen LogP contribution in [-0.4, -0.2) is 67.5 Å². The fourth-order valence-electron chi connectivity index (χ4n) is 4.91. The number of piperidine rings is 2. The Morgan fingerprint density at radius 3 is 2.78 bits per heavy atom. The van der Waals surface area contributed by atoms with E-state index in [1.165, 1.54) is 36.9 Å². The van der Waals surface area contributed by atoms with E-state index in [1.807, 2.05) is 7.05 Å². The second-order valence-electron chi connectivity index (χ2n) is 9.38. The standard InChI is InChI=1S/C25H42N6O/c1-20-8-3-4-14-31(20)15-7-12-28-25(27-2)29-17-21-9-5-10-22(16-21)18-30-13-6-11-23(19-30)24(26)32/h5,9-10,16,20,23H,3-4,6-8,11-15,17-19H2,1-2H3,(H2,26,32)(H2,27,28,29). The zero-order valence-electron chi connectivity index (χ0n) is 20.0. The molecule has 2 unspecified atom stereocenters. The number of aliphatic imine (C=N–C) groups is 1. The molecule has 2 aliphatic rings. The molecule has 2 aliphatic heterocycles. The van der Waals surface area contributed by atoms with Crippen molar-refractivity contribution in [3.05, 3.63) is 35.4 Å². The van der Waals surface area contributed by atoms with Crippen LogP contribution in [0.5, 0.6) is 0 Å². The maximum atomic E-state index is 11.5. The number of likely N-dealkylation sites (tertiary alicyclic amines) is 2. The summed E-state index contributed by atoms with van der Waals surface area (Å²) in [6, 6.07) is 9.37. The lowest BCUT2D eigenvalue weighted by Gasteiger charge is -2.33. The lowest BCUT2D eigenvalue weighted by atomic mass is 9.97. The number of carbonyl (C=O) groups is 1. The molecule has 1 aromatic carbocycles. The van der Waals surface area contributed by atoms with Crippen molar-refractivity contribution in [1.29, 1.82) is 0 Å². The van der Waals surface area contributed by atoms with Crippen molar-refractivity contribution < 1.29 is 4.79 Å². The molecule has 0 saturated carbocycles. The zero-order chi connectivity index (χ0) is 22.8.